The second-order valence-electron chi connectivity index (χ2n) is 3.65. The van der Waals surface area contributed by atoms with Crippen LogP contribution in [0.4, 0.5) is 0 Å². The minimum atomic E-state index is -1.03. The molecule has 0 radical (unpaired) electrons. The molecule has 0 unspecified atom stereocenters. The lowest BCUT2D eigenvalue weighted by molar-refractivity contribution is 0.0699. The number of rotatable bonds is 2. The van der Waals surface area contributed by atoms with Crippen LogP contribution < -0.4 is 0 Å². The first-order valence-corrected chi connectivity index (χ1v) is 5.56. The fourth-order valence-electron chi connectivity index (χ4n) is 1.96. The number of thiophene rings is 1. The van der Waals surface area contributed by atoms with Gasteiger partial charge in [0.25, 0.3) is 0 Å². The third kappa shape index (κ3) is 1.62. The van der Waals surface area contributed by atoms with Crippen LogP contribution in [0.5, 0.6) is 5.75 Å². The van der Waals surface area contributed by atoms with Crippen molar-refractivity contribution in [1.82, 2.24) is 0 Å². The van der Waals surface area contributed by atoms with Gasteiger partial charge in [0, 0.05) is 4.88 Å². The summed E-state index contributed by atoms with van der Waals surface area (Å²) >= 11 is 1.22. The number of carboxylic acids is 1. The van der Waals surface area contributed by atoms with Crippen LogP contribution >= 0.6 is 11.3 Å². The molecule has 0 aromatic carbocycles. The number of aromatic carboxylic acids is 1. The minimum Gasteiger partial charge on any atom is -0.506 e. The molecule has 1 aliphatic carbocycles. The normalized spacial score (nSPS) is 17.4. The van der Waals surface area contributed by atoms with Crippen molar-refractivity contribution in [3.8, 4) is 5.75 Å². The largest absolute Gasteiger partial charge is 0.506 e. The van der Waals surface area contributed by atoms with Crippen LogP contribution in [-0.2, 0) is 0 Å². The molecule has 4 heteroatoms. The van der Waals surface area contributed by atoms with Crippen LogP contribution in [0.2, 0.25) is 0 Å². The van der Waals surface area contributed by atoms with Crippen LogP contribution in [0, 0.1) is 0 Å². The maximum atomic E-state index is 10.7. The lowest BCUT2D eigenvalue weighted by atomic mass is 10.1. The molecule has 76 valence electrons. The lowest BCUT2D eigenvalue weighted by Gasteiger charge is -2.03. The van der Waals surface area contributed by atoms with Crippen molar-refractivity contribution in [3.63, 3.8) is 0 Å². The first-order valence-electron chi connectivity index (χ1n) is 4.74. The second-order valence-corrected chi connectivity index (χ2v) is 4.73. The van der Waals surface area contributed by atoms with Crippen LogP contribution in [0.25, 0.3) is 0 Å². The highest BCUT2D eigenvalue weighted by Crippen LogP contribution is 2.40. The molecule has 3 nitrogen and oxygen atoms in total. The molecule has 1 aromatic rings. The molecular weight excluding hydrogens is 200 g/mol. The van der Waals surface area contributed by atoms with Crippen molar-refractivity contribution in [1.29, 1.82) is 0 Å². The van der Waals surface area contributed by atoms with Gasteiger partial charge in [0.15, 0.2) is 4.88 Å². The monoisotopic (exact) mass is 212 g/mol. The van der Waals surface area contributed by atoms with Crippen molar-refractivity contribution >= 4 is 17.3 Å². The van der Waals surface area contributed by atoms with E-state index in [1.165, 1.54) is 24.2 Å². The fraction of sp³-hybridized carbons (Fsp3) is 0.500. The Balaban J connectivity index is 2.27. The van der Waals surface area contributed by atoms with E-state index in [-0.39, 0.29) is 10.6 Å². The number of hydrogen-bond acceptors (Lipinski definition) is 3. The molecule has 0 aliphatic heterocycles. The average Bonchev–Trinajstić information content (AvgIpc) is 2.70. The third-order valence-electron chi connectivity index (χ3n) is 2.68. The molecule has 1 aliphatic rings. The zero-order valence-corrected chi connectivity index (χ0v) is 8.51. The zero-order valence-electron chi connectivity index (χ0n) is 7.69. The van der Waals surface area contributed by atoms with Gasteiger partial charge in [0.2, 0.25) is 0 Å². The number of carboxylic acid groups (broad SMARTS) is 1. The molecular formula is C10H12O3S. The molecule has 2 rings (SSSR count). The van der Waals surface area contributed by atoms with Gasteiger partial charge in [-0.2, -0.15) is 0 Å². The van der Waals surface area contributed by atoms with E-state index >= 15 is 0 Å². The molecule has 0 saturated heterocycles. The van der Waals surface area contributed by atoms with Gasteiger partial charge >= 0.3 is 5.97 Å². The Bertz CT molecular complexity index is 350. The van der Waals surface area contributed by atoms with E-state index in [2.05, 4.69) is 0 Å². The summed E-state index contributed by atoms with van der Waals surface area (Å²) in [5, 5.41) is 18.2. The highest BCUT2D eigenvalue weighted by Gasteiger charge is 2.22. The molecule has 0 spiro atoms. The van der Waals surface area contributed by atoms with Gasteiger partial charge < -0.3 is 10.2 Å². The second kappa shape index (κ2) is 3.61. The number of aromatic hydroxyl groups is 1. The molecule has 1 heterocycles. The Morgan fingerprint density at radius 1 is 1.43 bits per heavy atom. The van der Waals surface area contributed by atoms with Crippen LogP contribution in [0.3, 0.4) is 0 Å². The van der Waals surface area contributed by atoms with Crippen LogP contribution in [0.1, 0.15) is 46.2 Å². The summed E-state index contributed by atoms with van der Waals surface area (Å²) in [5.41, 5.74) is 0. The summed E-state index contributed by atoms with van der Waals surface area (Å²) in [6, 6.07) is 1.62. The predicted octanol–water partition coefficient (Wildman–Crippen LogP) is 2.81. The summed E-state index contributed by atoms with van der Waals surface area (Å²) in [7, 11) is 0. The van der Waals surface area contributed by atoms with E-state index in [0.29, 0.717) is 5.92 Å². The van der Waals surface area contributed by atoms with Gasteiger partial charge in [-0.3, -0.25) is 0 Å². The minimum absolute atomic E-state index is 0.0758. The first-order chi connectivity index (χ1) is 6.68. The maximum Gasteiger partial charge on any atom is 0.349 e. The SMILES string of the molecule is O=C(O)c1sc(C2CCCC2)cc1O. The predicted molar refractivity (Wildman–Crippen MR) is 54.2 cm³/mol. The summed E-state index contributed by atoms with van der Waals surface area (Å²) in [6.45, 7) is 0. The van der Waals surface area contributed by atoms with Crippen molar-refractivity contribution in [2.45, 2.75) is 31.6 Å². The summed E-state index contributed by atoms with van der Waals surface area (Å²) in [4.78, 5) is 11.8. The molecule has 0 amide bonds. The Kier molecular flexibility index (Phi) is 2.46. The van der Waals surface area contributed by atoms with E-state index in [1.807, 2.05) is 0 Å². The van der Waals surface area contributed by atoms with Crippen LogP contribution in [-0.4, -0.2) is 16.2 Å². The third-order valence-corrected chi connectivity index (χ3v) is 3.96. The quantitative estimate of drug-likeness (QED) is 0.792. The number of hydrogen-bond donors (Lipinski definition) is 2. The lowest BCUT2D eigenvalue weighted by Crippen LogP contribution is -1.91. The Morgan fingerprint density at radius 2 is 2.07 bits per heavy atom. The molecule has 1 saturated carbocycles. The van der Waals surface area contributed by atoms with Gasteiger partial charge in [-0.15, -0.1) is 11.3 Å². The number of carbonyl (C=O) groups is 1. The standard InChI is InChI=1S/C10H12O3S/c11-7-5-8(6-3-1-2-4-6)14-9(7)10(12)13/h5-6,11H,1-4H2,(H,12,13). The highest BCUT2D eigenvalue weighted by molar-refractivity contribution is 7.14. The van der Waals surface area contributed by atoms with Gasteiger partial charge in [-0.05, 0) is 24.8 Å². The van der Waals surface area contributed by atoms with Crippen molar-refractivity contribution < 1.29 is 15.0 Å². The zero-order chi connectivity index (χ0) is 10.1. The molecule has 1 fully saturated rings. The van der Waals surface area contributed by atoms with E-state index < -0.39 is 5.97 Å². The Labute approximate surface area is 86.0 Å². The van der Waals surface area contributed by atoms with Crippen molar-refractivity contribution in [2.24, 2.45) is 0 Å². The highest BCUT2D eigenvalue weighted by atomic mass is 32.1. The van der Waals surface area contributed by atoms with E-state index in [4.69, 9.17) is 5.11 Å². The molecule has 1 aromatic heterocycles. The van der Waals surface area contributed by atoms with E-state index in [0.717, 1.165) is 17.7 Å². The van der Waals surface area contributed by atoms with E-state index in [9.17, 15) is 9.90 Å². The van der Waals surface area contributed by atoms with E-state index in [1.54, 1.807) is 6.07 Å². The molecule has 14 heavy (non-hydrogen) atoms. The van der Waals surface area contributed by atoms with Gasteiger partial charge in [0.1, 0.15) is 5.75 Å². The summed E-state index contributed by atoms with van der Waals surface area (Å²) < 4.78 is 0. The molecule has 0 atom stereocenters. The smallest absolute Gasteiger partial charge is 0.349 e. The Morgan fingerprint density at radius 3 is 2.57 bits per heavy atom. The summed E-state index contributed by atoms with van der Waals surface area (Å²) in [5.74, 6) is -0.639. The van der Waals surface area contributed by atoms with Gasteiger partial charge in [-0.1, -0.05) is 12.8 Å². The fourth-order valence-corrected chi connectivity index (χ4v) is 3.02. The topological polar surface area (TPSA) is 57.5 Å². The van der Waals surface area contributed by atoms with Crippen molar-refractivity contribution in [2.75, 3.05) is 0 Å². The Hall–Kier alpha value is -1.03. The first kappa shape index (κ1) is 9.52. The van der Waals surface area contributed by atoms with Crippen LogP contribution in [0.15, 0.2) is 6.07 Å². The van der Waals surface area contributed by atoms with Crippen molar-refractivity contribution in [3.05, 3.63) is 15.8 Å². The van der Waals surface area contributed by atoms with Gasteiger partial charge in [0.05, 0.1) is 0 Å². The average molecular weight is 212 g/mol. The molecule has 0 bridgehead atoms. The summed E-state index contributed by atoms with van der Waals surface area (Å²) in [6.07, 6.45) is 4.68. The maximum absolute atomic E-state index is 10.7. The van der Waals surface area contributed by atoms with Gasteiger partial charge in [-0.25, -0.2) is 4.79 Å². The molecule has 2 N–H and O–H groups in total.